The van der Waals surface area contributed by atoms with Gasteiger partial charge in [-0.15, -0.1) is 0 Å². The normalized spacial score (nSPS) is 10.7. The van der Waals surface area contributed by atoms with Gasteiger partial charge in [-0.3, -0.25) is 0 Å². The van der Waals surface area contributed by atoms with E-state index in [9.17, 15) is 9.18 Å². The zero-order chi connectivity index (χ0) is 19.3. The summed E-state index contributed by atoms with van der Waals surface area (Å²) in [6.07, 6.45) is 11.7. The van der Waals surface area contributed by atoms with Crippen LogP contribution in [0.1, 0.15) is 70.3 Å². The number of carbonyl (C=O) groups is 1. The Morgan fingerprint density at radius 1 is 0.741 bits per heavy atom. The lowest BCUT2D eigenvalue weighted by molar-refractivity contribution is -0.117. The highest BCUT2D eigenvalue weighted by atomic mass is 19.1. The van der Waals surface area contributed by atoms with Gasteiger partial charge >= 0.3 is 0 Å². The number of Topliss-reactive ketones (excluding diaryl/α,β-unsaturated/α-hetero) is 1. The molecule has 0 radical (unpaired) electrons. The summed E-state index contributed by atoms with van der Waals surface area (Å²) in [5, 5.41) is 0. The molecule has 2 nitrogen and oxygen atoms in total. The molecule has 0 aliphatic heterocycles. The fourth-order valence-electron chi connectivity index (χ4n) is 3.13. The van der Waals surface area contributed by atoms with Crippen LogP contribution in [0.25, 0.3) is 0 Å². The molecule has 0 unspecified atom stereocenters. The van der Waals surface area contributed by atoms with Crippen LogP contribution < -0.4 is 4.74 Å². The molecule has 2 aromatic carbocycles. The van der Waals surface area contributed by atoms with Gasteiger partial charge in [0.05, 0.1) is 0 Å². The number of ether oxygens (including phenoxy) is 1. The third-order valence-corrected chi connectivity index (χ3v) is 4.72. The Balaban J connectivity index is 1.54. The number of halogens is 1. The van der Waals surface area contributed by atoms with E-state index in [1.54, 1.807) is 19.1 Å². The maximum Gasteiger partial charge on any atom is 0.129 e. The van der Waals surface area contributed by atoms with E-state index in [4.69, 9.17) is 4.74 Å². The number of carbonyl (C=O) groups excluding carboxylic acids is 1. The zero-order valence-corrected chi connectivity index (χ0v) is 16.4. The molecule has 0 atom stereocenters. The van der Waals surface area contributed by atoms with Crippen molar-refractivity contribution in [1.29, 1.82) is 0 Å². The molecule has 27 heavy (non-hydrogen) atoms. The molecule has 0 aliphatic rings. The van der Waals surface area contributed by atoms with Crippen molar-refractivity contribution in [2.45, 2.75) is 71.1 Å². The van der Waals surface area contributed by atoms with Crippen molar-refractivity contribution in [2.24, 2.45) is 0 Å². The van der Waals surface area contributed by atoms with E-state index in [1.165, 1.54) is 62.6 Å². The van der Waals surface area contributed by atoms with Crippen LogP contribution >= 0.6 is 0 Å². The average molecular weight is 371 g/mol. The molecule has 146 valence electrons. The van der Waals surface area contributed by atoms with Crippen LogP contribution in [-0.4, -0.2) is 5.78 Å². The number of benzene rings is 2. The molecule has 2 aromatic rings. The maximum absolute atomic E-state index is 12.9. The Labute approximate surface area is 162 Å². The lowest BCUT2D eigenvalue weighted by Gasteiger charge is -2.07. The minimum Gasteiger partial charge on any atom is -0.457 e. The summed E-state index contributed by atoms with van der Waals surface area (Å²) >= 11 is 0. The van der Waals surface area contributed by atoms with Crippen molar-refractivity contribution in [2.75, 3.05) is 0 Å². The Morgan fingerprint density at radius 2 is 1.22 bits per heavy atom. The van der Waals surface area contributed by atoms with E-state index in [-0.39, 0.29) is 5.82 Å². The average Bonchev–Trinajstić information content (AvgIpc) is 2.66. The van der Waals surface area contributed by atoms with Gasteiger partial charge < -0.3 is 9.53 Å². The van der Waals surface area contributed by atoms with Crippen molar-refractivity contribution >= 4 is 5.78 Å². The van der Waals surface area contributed by atoms with Crippen LogP contribution in [0.3, 0.4) is 0 Å². The lowest BCUT2D eigenvalue weighted by Crippen LogP contribution is -1.90. The standard InChI is InChI=1S/C24H31FO2/c1-20(26)10-8-6-4-2-3-5-7-9-11-21-12-16-23(17-13-21)27-24-18-14-22(25)15-19-24/h12-19H,2-11H2,1H3. The van der Waals surface area contributed by atoms with Gasteiger partial charge in [0.15, 0.2) is 0 Å². The zero-order valence-electron chi connectivity index (χ0n) is 16.4. The van der Waals surface area contributed by atoms with Gasteiger partial charge in [0, 0.05) is 6.42 Å². The number of unbranched alkanes of at least 4 members (excludes halogenated alkanes) is 7. The minimum atomic E-state index is -0.259. The predicted molar refractivity (Wildman–Crippen MR) is 109 cm³/mol. The Hall–Kier alpha value is -2.16. The summed E-state index contributed by atoms with van der Waals surface area (Å²) in [6.45, 7) is 1.67. The molecule has 0 amide bonds. The molecule has 0 saturated carbocycles. The quantitative estimate of drug-likeness (QED) is 0.347. The Morgan fingerprint density at radius 3 is 1.78 bits per heavy atom. The second-order valence-electron chi connectivity index (χ2n) is 7.23. The minimum absolute atomic E-state index is 0.259. The van der Waals surface area contributed by atoms with E-state index in [0.29, 0.717) is 11.5 Å². The molecular formula is C24H31FO2. The summed E-state index contributed by atoms with van der Waals surface area (Å²) < 4.78 is 18.6. The Kier molecular flexibility index (Phi) is 9.61. The fourth-order valence-corrected chi connectivity index (χ4v) is 3.13. The highest BCUT2D eigenvalue weighted by Crippen LogP contribution is 2.22. The topological polar surface area (TPSA) is 26.3 Å². The van der Waals surface area contributed by atoms with Crippen molar-refractivity contribution in [3.05, 3.63) is 59.9 Å². The largest absolute Gasteiger partial charge is 0.457 e. The van der Waals surface area contributed by atoms with Crippen molar-refractivity contribution in [1.82, 2.24) is 0 Å². The second kappa shape index (κ2) is 12.3. The summed E-state index contributed by atoms with van der Waals surface area (Å²) in [5.74, 6) is 1.47. The molecule has 0 spiro atoms. The first-order valence-electron chi connectivity index (χ1n) is 10.2. The first-order chi connectivity index (χ1) is 13.1. The van der Waals surface area contributed by atoms with Gasteiger partial charge in [-0.2, -0.15) is 0 Å². The van der Waals surface area contributed by atoms with Gasteiger partial charge in [-0.25, -0.2) is 4.39 Å². The van der Waals surface area contributed by atoms with Gasteiger partial charge in [0.1, 0.15) is 23.1 Å². The molecule has 0 fully saturated rings. The van der Waals surface area contributed by atoms with Crippen molar-refractivity contribution in [3.63, 3.8) is 0 Å². The first kappa shape index (κ1) is 21.1. The third-order valence-electron chi connectivity index (χ3n) is 4.72. The van der Waals surface area contributed by atoms with E-state index >= 15 is 0 Å². The molecule has 2 rings (SSSR count). The number of hydrogen-bond acceptors (Lipinski definition) is 2. The van der Waals surface area contributed by atoms with E-state index in [2.05, 4.69) is 12.1 Å². The van der Waals surface area contributed by atoms with E-state index in [0.717, 1.165) is 25.0 Å². The van der Waals surface area contributed by atoms with E-state index < -0.39 is 0 Å². The molecule has 0 heterocycles. The number of aryl methyl sites for hydroxylation is 1. The number of rotatable bonds is 13. The van der Waals surface area contributed by atoms with Gasteiger partial charge in [0.2, 0.25) is 0 Å². The van der Waals surface area contributed by atoms with Gasteiger partial charge in [-0.1, -0.05) is 50.7 Å². The van der Waals surface area contributed by atoms with Crippen LogP contribution in [-0.2, 0) is 11.2 Å². The number of ketones is 1. The lowest BCUT2D eigenvalue weighted by atomic mass is 10.0. The smallest absolute Gasteiger partial charge is 0.129 e. The molecule has 0 saturated heterocycles. The fraction of sp³-hybridized carbons (Fsp3) is 0.458. The van der Waals surface area contributed by atoms with Crippen LogP contribution in [0.2, 0.25) is 0 Å². The maximum atomic E-state index is 12.9. The molecule has 3 heteroatoms. The predicted octanol–water partition coefficient (Wildman–Crippen LogP) is 7.26. The Bertz CT molecular complexity index is 662. The first-order valence-corrected chi connectivity index (χ1v) is 10.2. The van der Waals surface area contributed by atoms with Crippen LogP contribution in [0.4, 0.5) is 4.39 Å². The molecular weight excluding hydrogens is 339 g/mol. The molecule has 0 aliphatic carbocycles. The van der Waals surface area contributed by atoms with Crippen LogP contribution in [0.5, 0.6) is 11.5 Å². The SMILES string of the molecule is CC(=O)CCCCCCCCCCc1ccc(Oc2ccc(F)cc2)cc1. The third kappa shape index (κ3) is 9.37. The summed E-state index contributed by atoms with van der Waals surface area (Å²) in [5.41, 5.74) is 1.32. The van der Waals surface area contributed by atoms with Gasteiger partial charge in [-0.05, 0) is 68.1 Å². The van der Waals surface area contributed by atoms with Crippen LogP contribution in [0.15, 0.2) is 48.5 Å². The van der Waals surface area contributed by atoms with Crippen molar-refractivity contribution in [3.8, 4) is 11.5 Å². The molecule has 0 N–H and O–H groups in total. The summed E-state index contributed by atoms with van der Waals surface area (Å²) in [4.78, 5) is 10.9. The van der Waals surface area contributed by atoms with Crippen LogP contribution in [0, 0.1) is 5.82 Å². The summed E-state index contributed by atoms with van der Waals surface area (Å²) in [6, 6.07) is 14.2. The monoisotopic (exact) mass is 370 g/mol. The second-order valence-corrected chi connectivity index (χ2v) is 7.23. The highest BCUT2D eigenvalue weighted by molar-refractivity contribution is 5.75. The van der Waals surface area contributed by atoms with Crippen molar-refractivity contribution < 1.29 is 13.9 Å². The highest BCUT2D eigenvalue weighted by Gasteiger charge is 2.00. The summed E-state index contributed by atoms with van der Waals surface area (Å²) in [7, 11) is 0. The van der Waals surface area contributed by atoms with Gasteiger partial charge in [0.25, 0.3) is 0 Å². The molecule has 0 bridgehead atoms. The van der Waals surface area contributed by atoms with E-state index in [1.807, 2.05) is 12.1 Å². The molecule has 0 aromatic heterocycles. The number of hydrogen-bond donors (Lipinski definition) is 0.